The zero-order valence-corrected chi connectivity index (χ0v) is 15.9. The highest BCUT2D eigenvalue weighted by atomic mass is 32.2. The van der Waals surface area contributed by atoms with Gasteiger partial charge in [-0.2, -0.15) is 0 Å². The summed E-state index contributed by atoms with van der Waals surface area (Å²) < 4.78 is 38.1. The number of hydrogen-bond donors (Lipinski definition) is 1. The van der Waals surface area contributed by atoms with Crippen LogP contribution in [0, 0.1) is 0 Å². The van der Waals surface area contributed by atoms with Gasteiger partial charge in [0.1, 0.15) is 11.5 Å². The number of carbonyl (C=O) groups excluding carboxylic acids is 1. The number of anilines is 1. The predicted molar refractivity (Wildman–Crippen MR) is 102 cm³/mol. The van der Waals surface area contributed by atoms with Crippen molar-refractivity contribution in [1.29, 1.82) is 0 Å². The minimum absolute atomic E-state index is 0.0475. The zero-order valence-electron chi connectivity index (χ0n) is 15.1. The Balaban J connectivity index is 1.62. The molecule has 0 aromatic heterocycles. The average molecular weight is 390 g/mol. The minimum atomic E-state index is -3.74. The largest absolute Gasteiger partial charge is 0.497 e. The number of methoxy groups -OCH3 is 1. The fraction of sp³-hybridized carbons (Fsp3) is 0.316. The quantitative estimate of drug-likeness (QED) is 0.785. The van der Waals surface area contributed by atoms with Crippen molar-refractivity contribution in [3.8, 4) is 11.5 Å². The summed E-state index contributed by atoms with van der Waals surface area (Å²) in [7, 11) is -2.22. The molecule has 1 aliphatic rings. The summed E-state index contributed by atoms with van der Waals surface area (Å²) in [6.07, 6.45) is 2.05. The molecule has 7 nitrogen and oxygen atoms in total. The van der Waals surface area contributed by atoms with Gasteiger partial charge in [0.05, 0.1) is 17.7 Å². The van der Waals surface area contributed by atoms with Gasteiger partial charge in [0.25, 0.3) is 15.9 Å². The summed E-state index contributed by atoms with van der Waals surface area (Å²) >= 11 is 0. The van der Waals surface area contributed by atoms with Crippen molar-refractivity contribution in [3.05, 3.63) is 48.5 Å². The third-order valence-electron chi connectivity index (χ3n) is 4.28. The van der Waals surface area contributed by atoms with Crippen molar-refractivity contribution in [2.45, 2.75) is 17.7 Å². The van der Waals surface area contributed by atoms with E-state index in [0.29, 0.717) is 17.2 Å². The highest BCUT2D eigenvalue weighted by Crippen LogP contribution is 2.22. The number of ether oxygens (including phenoxy) is 2. The Kier molecular flexibility index (Phi) is 5.85. The van der Waals surface area contributed by atoms with Crippen LogP contribution in [0.3, 0.4) is 0 Å². The minimum Gasteiger partial charge on any atom is -0.497 e. The number of rotatable bonds is 7. The summed E-state index contributed by atoms with van der Waals surface area (Å²) in [4.78, 5) is 13.9. The molecule has 1 heterocycles. The van der Waals surface area contributed by atoms with Gasteiger partial charge in [-0.25, -0.2) is 8.42 Å². The third kappa shape index (κ3) is 4.91. The normalized spacial score (nSPS) is 14.0. The Morgan fingerprint density at radius 1 is 1.07 bits per heavy atom. The van der Waals surface area contributed by atoms with Crippen molar-refractivity contribution in [1.82, 2.24) is 4.90 Å². The van der Waals surface area contributed by atoms with E-state index in [1.807, 2.05) is 0 Å². The molecule has 1 N–H and O–H groups in total. The lowest BCUT2D eigenvalue weighted by atomic mass is 10.3. The molecule has 2 aromatic carbocycles. The van der Waals surface area contributed by atoms with Gasteiger partial charge in [0, 0.05) is 19.2 Å². The first-order chi connectivity index (χ1) is 13.0. The Hall–Kier alpha value is -2.74. The smallest absolute Gasteiger partial charge is 0.261 e. The highest BCUT2D eigenvalue weighted by Gasteiger charge is 2.18. The lowest BCUT2D eigenvalue weighted by molar-refractivity contribution is -0.132. The van der Waals surface area contributed by atoms with Crippen molar-refractivity contribution < 1.29 is 22.7 Å². The highest BCUT2D eigenvalue weighted by molar-refractivity contribution is 7.92. The first-order valence-corrected chi connectivity index (χ1v) is 10.1. The maximum Gasteiger partial charge on any atom is 0.261 e. The monoisotopic (exact) mass is 390 g/mol. The topological polar surface area (TPSA) is 84.9 Å². The van der Waals surface area contributed by atoms with Gasteiger partial charge in [-0.05, 0) is 49.2 Å². The van der Waals surface area contributed by atoms with E-state index >= 15 is 0 Å². The second-order valence-electron chi connectivity index (χ2n) is 6.19. The van der Waals surface area contributed by atoms with E-state index in [-0.39, 0.29) is 17.4 Å². The van der Waals surface area contributed by atoms with Crippen molar-refractivity contribution in [3.63, 3.8) is 0 Å². The Bertz CT molecular complexity index is 891. The number of carbonyl (C=O) groups is 1. The van der Waals surface area contributed by atoms with Gasteiger partial charge in [-0.15, -0.1) is 0 Å². The maximum atomic E-state index is 12.5. The van der Waals surface area contributed by atoms with Gasteiger partial charge in [-0.1, -0.05) is 6.07 Å². The Morgan fingerprint density at radius 3 is 2.44 bits per heavy atom. The molecule has 8 heteroatoms. The molecule has 1 amide bonds. The molecule has 1 aliphatic heterocycles. The van der Waals surface area contributed by atoms with Gasteiger partial charge < -0.3 is 14.4 Å². The van der Waals surface area contributed by atoms with E-state index in [2.05, 4.69) is 4.72 Å². The molecule has 0 saturated carbocycles. The van der Waals surface area contributed by atoms with Gasteiger partial charge >= 0.3 is 0 Å². The van der Waals surface area contributed by atoms with Crippen LogP contribution in [-0.4, -0.2) is 46.0 Å². The second kappa shape index (κ2) is 8.30. The van der Waals surface area contributed by atoms with Crippen LogP contribution in [-0.2, 0) is 14.8 Å². The molecule has 3 rings (SSSR count). The van der Waals surface area contributed by atoms with Crippen LogP contribution in [0.2, 0.25) is 0 Å². The molecule has 0 radical (unpaired) electrons. The van der Waals surface area contributed by atoms with Crippen LogP contribution in [0.4, 0.5) is 5.69 Å². The molecule has 0 spiro atoms. The van der Waals surface area contributed by atoms with Crippen LogP contribution in [0.5, 0.6) is 11.5 Å². The van der Waals surface area contributed by atoms with E-state index in [0.717, 1.165) is 25.9 Å². The molecular weight excluding hydrogens is 368 g/mol. The first-order valence-electron chi connectivity index (χ1n) is 8.65. The summed E-state index contributed by atoms with van der Waals surface area (Å²) in [5.74, 6) is 0.952. The summed E-state index contributed by atoms with van der Waals surface area (Å²) in [6, 6.07) is 12.6. The van der Waals surface area contributed by atoms with Crippen LogP contribution in [0.15, 0.2) is 53.4 Å². The maximum absolute atomic E-state index is 12.5. The van der Waals surface area contributed by atoms with Crippen molar-refractivity contribution in [2.24, 2.45) is 0 Å². The molecule has 0 aliphatic carbocycles. The first kappa shape index (κ1) is 19.0. The molecule has 1 saturated heterocycles. The number of amides is 1. The number of nitrogens with zero attached hydrogens (tertiary/aromatic N) is 1. The SMILES string of the molecule is COc1cccc(NS(=O)(=O)c2ccc(OCC(=O)N3CCCC3)cc2)c1. The third-order valence-corrected chi connectivity index (χ3v) is 5.67. The lowest BCUT2D eigenvalue weighted by Gasteiger charge is -2.15. The van der Waals surface area contributed by atoms with Crippen molar-refractivity contribution >= 4 is 21.6 Å². The predicted octanol–water partition coefficient (Wildman–Crippen LogP) is 2.50. The number of benzene rings is 2. The van der Waals surface area contributed by atoms with Crippen LogP contribution in [0.1, 0.15) is 12.8 Å². The van der Waals surface area contributed by atoms with E-state index in [9.17, 15) is 13.2 Å². The van der Waals surface area contributed by atoms with Crippen LogP contribution >= 0.6 is 0 Å². The van der Waals surface area contributed by atoms with E-state index in [1.54, 1.807) is 29.2 Å². The van der Waals surface area contributed by atoms with Gasteiger partial charge in [0.15, 0.2) is 6.61 Å². The van der Waals surface area contributed by atoms with Gasteiger partial charge in [-0.3, -0.25) is 9.52 Å². The summed E-state index contributed by atoms with van der Waals surface area (Å²) in [5.41, 5.74) is 0.408. The molecule has 0 atom stereocenters. The fourth-order valence-corrected chi connectivity index (χ4v) is 3.87. The molecule has 1 fully saturated rings. The Morgan fingerprint density at radius 2 is 1.78 bits per heavy atom. The number of hydrogen-bond acceptors (Lipinski definition) is 5. The van der Waals surface area contributed by atoms with Crippen LogP contribution < -0.4 is 14.2 Å². The number of likely N-dealkylation sites (tertiary alicyclic amines) is 1. The van der Waals surface area contributed by atoms with E-state index in [1.165, 1.54) is 31.4 Å². The summed E-state index contributed by atoms with van der Waals surface area (Å²) in [6.45, 7) is 1.50. The lowest BCUT2D eigenvalue weighted by Crippen LogP contribution is -2.32. The second-order valence-corrected chi connectivity index (χ2v) is 7.87. The zero-order chi connectivity index (χ0) is 19.3. The molecule has 0 bridgehead atoms. The van der Waals surface area contributed by atoms with E-state index in [4.69, 9.17) is 9.47 Å². The van der Waals surface area contributed by atoms with Crippen molar-refractivity contribution in [2.75, 3.05) is 31.5 Å². The van der Waals surface area contributed by atoms with Crippen LogP contribution in [0.25, 0.3) is 0 Å². The average Bonchev–Trinajstić information content (AvgIpc) is 3.21. The molecule has 144 valence electrons. The fourth-order valence-electron chi connectivity index (χ4n) is 2.82. The standard InChI is InChI=1S/C19H22N2O5S/c1-25-17-6-4-5-15(13-17)20-27(23,24)18-9-7-16(8-10-18)26-14-19(22)21-11-2-3-12-21/h4-10,13,20H,2-3,11-12,14H2,1H3. The molecule has 0 unspecified atom stereocenters. The summed E-state index contributed by atoms with van der Waals surface area (Å²) in [5, 5.41) is 0. The number of sulfonamides is 1. The molecule has 27 heavy (non-hydrogen) atoms. The van der Waals surface area contributed by atoms with E-state index < -0.39 is 10.0 Å². The number of nitrogens with one attached hydrogen (secondary N) is 1. The Labute approximate surface area is 158 Å². The van der Waals surface area contributed by atoms with Gasteiger partial charge in [0.2, 0.25) is 0 Å². The molecule has 2 aromatic rings. The molecular formula is C19H22N2O5S.